The zero-order chi connectivity index (χ0) is 16.5. The van der Waals surface area contributed by atoms with Gasteiger partial charge in [-0.05, 0) is 54.6 Å². The first kappa shape index (κ1) is 19.3. The van der Waals surface area contributed by atoms with Crippen LogP contribution >= 0.6 is 47.8 Å². The van der Waals surface area contributed by atoms with Gasteiger partial charge in [-0.3, -0.25) is 4.84 Å². The second-order valence-corrected chi connectivity index (χ2v) is 5.45. The molecule has 0 saturated carbocycles. The van der Waals surface area contributed by atoms with Crippen molar-refractivity contribution in [3.63, 3.8) is 0 Å². The molecule has 2 aromatic rings. The molecule has 4 nitrogen and oxygen atoms in total. The Morgan fingerprint density at radius 2 is 1.82 bits per heavy atom. The van der Waals surface area contributed by atoms with Crippen molar-refractivity contribution in [1.82, 2.24) is 4.89 Å². The highest BCUT2D eigenvalue weighted by Gasteiger charge is 2.08. The quantitative estimate of drug-likeness (QED) is 0.293. The van der Waals surface area contributed by atoms with Gasteiger partial charge in [0.2, 0.25) is 0 Å². The van der Waals surface area contributed by atoms with Crippen molar-refractivity contribution in [2.24, 2.45) is 0 Å². The number of benzene rings is 2. The molecule has 2 rings (SSSR count). The third kappa shape index (κ3) is 5.79. The average Bonchev–Trinajstić information content (AvgIpc) is 2.52. The van der Waals surface area contributed by atoms with Gasteiger partial charge in [-0.25, -0.2) is 0 Å². The van der Waals surface area contributed by atoms with E-state index in [0.29, 0.717) is 27.2 Å². The Kier molecular flexibility index (Phi) is 8.85. The van der Waals surface area contributed by atoms with Crippen LogP contribution in [0.2, 0.25) is 10.0 Å². The second-order valence-electron chi connectivity index (χ2n) is 3.77. The maximum Gasteiger partial charge on any atom is 0.151 e. The Morgan fingerprint density at radius 3 is 2.45 bits per heavy atom. The van der Waals surface area contributed by atoms with Gasteiger partial charge >= 0.3 is 0 Å². The lowest BCUT2D eigenvalue weighted by Gasteiger charge is -2.11. The van der Waals surface area contributed by atoms with Gasteiger partial charge in [-0.2, -0.15) is 12.6 Å². The minimum atomic E-state index is 0.421. The molecule has 0 radical (unpaired) electrons. The van der Waals surface area contributed by atoms with Gasteiger partial charge in [0.1, 0.15) is 5.75 Å². The molecule has 0 atom stereocenters. The Labute approximate surface area is 149 Å². The monoisotopic (exact) mass is 378 g/mol. The molecule has 0 fully saturated rings. The standard InChI is InChI=1S/C13H12Cl2N2O2S.CH4S/c1-18-17-20-9-3-4-11(16)13(7-9)19-12-5-2-8(14)6-10(12)15;1-2/h2-7,17H,16H2,1H3;2H,1H3. The molecule has 0 aliphatic rings. The predicted molar refractivity (Wildman–Crippen MR) is 98.3 cm³/mol. The maximum absolute atomic E-state index is 6.07. The van der Waals surface area contributed by atoms with Gasteiger partial charge in [-0.1, -0.05) is 23.2 Å². The average molecular weight is 379 g/mol. The lowest BCUT2D eigenvalue weighted by atomic mass is 10.3. The van der Waals surface area contributed by atoms with E-state index in [-0.39, 0.29) is 0 Å². The first-order valence-corrected chi connectivity index (χ1v) is 8.49. The molecule has 0 saturated heterocycles. The van der Waals surface area contributed by atoms with Crippen molar-refractivity contribution in [3.05, 3.63) is 46.4 Å². The number of anilines is 1. The first-order valence-electron chi connectivity index (χ1n) is 6.02. The summed E-state index contributed by atoms with van der Waals surface area (Å²) in [5, 5.41) is 0.967. The van der Waals surface area contributed by atoms with Crippen LogP contribution in [0, 0.1) is 0 Å². The van der Waals surface area contributed by atoms with E-state index >= 15 is 0 Å². The number of halogens is 2. The smallest absolute Gasteiger partial charge is 0.151 e. The minimum Gasteiger partial charge on any atom is -0.454 e. The minimum absolute atomic E-state index is 0.421. The van der Waals surface area contributed by atoms with Crippen molar-refractivity contribution >= 4 is 53.5 Å². The van der Waals surface area contributed by atoms with E-state index in [1.54, 1.807) is 36.6 Å². The molecule has 3 N–H and O–H groups in total. The third-order valence-electron chi connectivity index (χ3n) is 2.34. The summed E-state index contributed by atoms with van der Waals surface area (Å²) in [6.45, 7) is 0. The highest BCUT2D eigenvalue weighted by molar-refractivity contribution is 7.97. The second kappa shape index (κ2) is 10.1. The van der Waals surface area contributed by atoms with Crippen molar-refractivity contribution in [1.29, 1.82) is 0 Å². The zero-order valence-corrected chi connectivity index (χ0v) is 15.2. The number of hydrogen-bond acceptors (Lipinski definition) is 6. The van der Waals surface area contributed by atoms with E-state index in [2.05, 4.69) is 17.5 Å². The molecule has 0 bridgehead atoms. The summed E-state index contributed by atoms with van der Waals surface area (Å²) in [6, 6.07) is 10.4. The van der Waals surface area contributed by atoms with Crippen LogP contribution in [0.3, 0.4) is 0 Å². The molecule has 22 heavy (non-hydrogen) atoms. The largest absolute Gasteiger partial charge is 0.454 e. The van der Waals surface area contributed by atoms with E-state index in [0.717, 1.165) is 4.90 Å². The van der Waals surface area contributed by atoms with E-state index in [4.69, 9.17) is 38.5 Å². The fourth-order valence-electron chi connectivity index (χ4n) is 1.43. The van der Waals surface area contributed by atoms with Crippen molar-refractivity contribution in [2.45, 2.75) is 4.90 Å². The molecule has 0 aliphatic heterocycles. The lowest BCUT2D eigenvalue weighted by molar-refractivity contribution is 0.163. The van der Waals surface area contributed by atoms with Gasteiger partial charge in [0.25, 0.3) is 0 Å². The summed E-state index contributed by atoms with van der Waals surface area (Å²) in [7, 11) is 1.54. The summed E-state index contributed by atoms with van der Waals surface area (Å²) >= 11 is 16.7. The van der Waals surface area contributed by atoms with Crippen LogP contribution in [-0.4, -0.2) is 13.4 Å². The Hall–Kier alpha value is -0.760. The first-order chi connectivity index (χ1) is 10.6. The fraction of sp³-hybridized carbons (Fsp3) is 0.143. The van der Waals surface area contributed by atoms with Crippen LogP contribution in [0.1, 0.15) is 0 Å². The van der Waals surface area contributed by atoms with Gasteiger partial charge < -0.3 is 10.5 Å². The number of nitrogens with one attached hydrogen (secondary N) is 1. The molecule has 0 amide bonds. The summed E-state index contributed by atoms with van der Waals surface area (Å²) in [5.41, 5.74) is 6.40. The van der Waals surface area contributed by atoms with Gasteiger partial charge in [-0.15, -0.1) is 4.89 Å². The lowest BCUT2D eigenvalue weighted by Crippen LogP contribution is -1.99. The summed E-state index contributed by atoms with van der Waals surface area (Å²) in [6.07, 6.45) is 1.69. The number of nitrogen functional groups attached to an aromatic ring is 1. The molecule has 8 heteroatoms. The van der Waals surface area contributed by atoms with E-state index in [1.807, 2.05) is 6.07 Å². The number of hydrogen-bond donors (Lipinski definition) is 3. The maximum atomic E-state index is 6.07. The molecule has 2 aromatic carbocycles. The predicted octanol–water partition coefficient (Wildman–Crippen LogP) is 5.07. The Bertz CT molecular complexity index is 615. The SMILES string of the molecule is CONSc1ccc(N)c(Oc2ccc(Cl)cc2Cl)c1.CS. The normalized spacial score (nSPS) is 9.86. The molecule has 0 spiro atoms. The van der Waals surface area contributed by atoms with Crippen LogP contribution < -0.4 is 15.4 Å². The van der Waals surface area contributed by atoms with Crippen molar-refractivity contribution in [2.75, 3.05) is 19.1 Å². The zero-order valence-electron chi connectivity index (χ0n) is 12.0. The number of rotatable bonds is 5. The van der Waals surface area contributed by atoms with Crippen LogP contribution in [0.4, 0.5) is 5.69 Å². The van der Waals surface area contributed by atoms with Crippen LogP contribution in [-0.2, 0) is 4.84 Å². The van der Waals surface area contributed by atoms with Crippen molar-refractivity contribution in [3.8, 4) is 11.5 Å². The highest BCUT2D eigenvalue weighted by Crippen LogP contribution is 2.35. The number of nitrogens with two attached hydrogens (primary N) is 1. The summed E-state index contributed by atoms with van der Waals surface area (Å²) in [5.74, 6) is 1.00. The van der Waals surface area contributed by atoms with Gasteiger partial charge in [0.15, 0.2) is 5.75 Å². The van der Waals surface area contributed by atoms with E-state index in [1.165, 1.54) is 19.1 Å². The Morgan fingerprint density at radius 1 is 1.09 bits per heavy atom. The van der Waals surface area contributed by atoms with Crippen LogP contribution in [0.5, 0.6) is 11.5 Å². The third-order valence-corrected chi connectivity index (χ3v) is 3.61. The van der Waals surface area contributed by atoms with Gasteiger partial charge in [0, 0.05) is 9.92 Å². The molecule has 120 valence electrons. The Balaban J connectivity index is 0.00000116. The summed E-state index contributed by atoms with van der Waals surface area (Å²) < 4.78 is 5.72. The van der Waals surface area contributed by atoms with Gasteiger partial charge in [0.05, 0.1) is 17.8 Å². The number of thiol groups is 1. The molecule has 0 aromatic heterocycles. The van der Waals surface area contributed by atoms with E-state index in [9.17, 15) is 0 Å². The molecule has 0 heterocycles. The molecule has 0 aliphatic carbocycles. The highest BCUT2D eigenvalue weighted by atomic mass is 35.5. The molecular weight excluding hydrogens is 363 g/mol. The van der Waals surface area contributed by atoms with E-state index < -0.39 is 0 Å². The van der Waals surface area contributed by atoms with Crippen molar-refractivity contribution < 1.29 is 9.57 Å². The fourth-order valence-corrected chi connectivity index (χ4v) is 2.36. The number of ether oxygens (including phenoxy) is 1. The topological polar surface area (TPSA) is 56.5 Å². The molecular formula is C14H16Cl2N2O2S2. The van der Waals surface area contributed by atoms with Crippen LogP contribution in [0.25, 0.3) is 0 Å². The van der Waals surface area contributed by atoms with Crippen LogP contribution in [0.15, 0.2) is 41.3 Å². The molecule has 0 unspecified atom stereocenters. The summed E-state index contributed by atoms with van der Waals surface area (Å²) in [4.78, 5) is 8.33.